The first-order valence-corrected chi connectivity index (χ1v) is 4.13. The number of ether oxygens (including phenoxy) is 1. The molecule has 0 N–H and O–H groups in total. The van der Waals surface area contributed by atoms with Crippen LogP contribution in [-0.4, -0.2) is 23.0 Å². The third-order valence-electron chi connectivity index (χ3n) is 1.65. The number of rotatable bonds is 3. The van der Waals surface area contributed by atoms with Crippen LogP contribution in [0.5, 0.6) is 0 Å². The first-order valence-electron chi connectivity index (χ1n) is 4.13. The molecule has 4 heteroatoms. The average molecular weight is 180 g/mol. The summed E-state index contributed by atoms with van der Waals surface area (Å²) < 4.78 is 4.52. The van der Waals surface area contributed by atoms with Crippen molar-refractivity contribution in [2.45, 2.75) is 19.8 Å². The van der Waals surface area contributed by atoms with E-state index in [1.54, 1.807) is 12.4 Å². The SMILES string of the molecule is CCc1ncc(CC(=O)OC)cn1. The molecular weight excluding hydrogens is 168 g/mol. The summed E-state index contributed by atoms with van der Waals surface area (Å²) in [6.07, 6.45) is 4.35. The zero-order chi connectivity index (χ0) is 9.68. The van der Waals surface area contributed by atoms with Crippen molar-refractivity contribution in [2.24, 2.45) is 0 Å². The molecule has 4 nitrogen and oxygen atoms in total. The summed E-state index contributed by atoms with van der Waals surface area (Å²) in [5.41, 5.74) is 0.782. The van der Waals surface area contributed by atoms with Gasteiger partial charge in [-0.1, -0.05) is 6.92 Å². The first kappa shape index (κ1) is 9.64. The molecule has 0 spiro atoms. The number of aromatic nitrogens is 2. The van der Waals surface area contributed by atoms with Crippen LogP contribution in [0.15, 0.2) is 12.4 Å². The summed E-state index contributed by atoms with van der Waals surface area (Å²) in [6, 6.07) is 0. The maximum atomic E-state index is 10.9. The van der Waals surface area contributed by atoms with Gasteiger partial charge in [0.2, 0.25) is 0 Å². The van der Waals surface area contributed by atoms with Gasteiger partial charge in [0, 0.05) is 18.8 Å². The molecule has 0 atom stereocenters. The van der Waals surface area contributed by atoms with E-state index in [9.17, 15) is 4.79 Å². The molecular formula is C9H12N2O2. The van der Waals surface area contributed by atoms with Crippen molar-refractivity contribution in [3.05, 3.63) is 23.8 Å². The number of carbonyl (C=O) groups excluding carboxylic acids is 1. The molecule has 1 aromatic heterocycles. The van der Waals surface area contributed by atoms with E-state index < -0.39 is 0 Å². The second kappa shape index (κ2) is 4.54. The molecule has 1 rings (SSSR count). The topological polar surface area (TPSA) is 52.1 Å². The van der Waals surface area contributed by atoms with Gasteiger partial charge in [-0.05, 0) is 5.56 Å². The molecule has 0 aromatic carbocycles. The maximum absolute atomic E-state index is 10.9. The molecule has 0 saturated carbocycles. The predicted octanol–water partition coefficient (Wildman–Crippen LogP) is 0.754. The molecule has 0 fully saturated rings. The van der Waals surface area contributed by atoms with Crippen LogP contribution in [0, 0.1) is 0 Å². The van der Waals surface area contributed by atoms with E-state index in [0.29, 0.717) is 0 Å². The van der Waals surface area contributed by atoms with Gasteiger partial charge in [0.05, 0.1) is 13.5 Å². The fraction of sp³-hybridized carbons (Fsp3) is 0.444. The van der Waals surface area contributed by atoms with Gasteiger partial charge < -0.3 is 4.74 Å². The molecule has 0 amide bonds. The maximum Gasteiger partial charge on any atom is 0.310 e. The Morgan fingerprint density at radius 1 is 1.46 bits per heavy atom. The van der Waals surface area contributed by atoms with Gasteiger partial charge in [-0.15, -0.1) is 0 Å². The van der Waals surface area contributed by atoms with Gasteiger partial charge in [0.25, 0.3) is 0 Å². The Morgan fingerprint density at radius 2 is 2.08 bits per heavy atom. The lowest BCUT2D eigenvalue weighted by molar-refractivity contribution is -0.139. The van der Waals surface area contributed by atoms with Gasteiger partial charge in [0.15, 0.2) is 0 Å². The van der Waals surface area contributed by atoms with Crippen LogP contribution in [0.1, 0.15) is 18.3 Å². The lowest BCUT2D eigenvalue weighted by Crippen LogP contribution is -2.05. The molecule has 0 saturated heterocycles. The number of esters is 1. The van der Waals surface area contributed by atoms with Gasteiger partial charge in [0.1, 0.15) is 5.82 Å². The molecule has 0 bridgehead atoms. The molecule has 0 radical (unpaired) electrons. The molecule has 0 aliphatic carbocycles. The highest BCUT2D eigenvalue weighted by atomic mass is 16.5. The van der Waals surface area contributed by atoms with E-state index in [-0.39, 0.29) is 12.4 Å². The summed E-state index contributed by atoms with van der Waals surface area (Å²) in [7, 11) is 1.36. The standard InChI is InChI=1S/C9H12N2O2/c1-3-8-10-5-7(6-11-8)4-9(12)13-2/h5-6H,3-4H2,1-2H3. The Labute approximate surface area is 77.0 Å². The van der Waals surface area contributed by atoms with Crippen LogP contribution in [0.3, 0.4) is 0 Å². The van der Waals surface area contributed by atoms with E-state index in [0.717, 1.165) is 17.8 Å². The molecule has 70 valence electrons. The molecule has 1 heterocycles. The number of hydrogen-bond donors (Lipinski definition) is 0. The quantitative estimate of drug-likeness (QED) is 0.644. The summed E-state index contributed by atoms with van der Waals surface area (Å²) in [5.74, 6) is 0.515. The van der Waals surface area contributed by atoms with Gasteiger partial charge in [-0.3, -0.25) is 4.79 Å². The van der Waals surface area contributed by atoms with Crippen molar-refractivity contribution < 1.29 is 9.53 Å². The van der Waals surface area contributed by atoms with Crippen LogP contribution in [0.4, 0.5) is 0 Å². The third kappa shape index (κ3) is 2.82. The zero-order valence-corrected chi connectivity index (χ0v) is 7.78. The zero-order valence-electron chi connectivity index (χ0n) is 7.78. The van der Waals surface area contributed by atoms with E-state index in [2.05, 4.69) is 14.7 Å². The third-order valence-corrected chi connectivity index (χ3v) is 1.65. The van der Waals surface area contributed by atoms with Crippen LogP contribution >= 0.6 is 0 Å². The molecule has 0 aliphatic rings. The van der Waals surface area contributed by atoms with Crippen molar-refractivity contribution in [2.75, 3.05) is 7.11 Å². The molecule has 13 heavy (non-hydrogen) atoms. The van der Waals surface area contributed by atoms with E-state index in [1.807, 2.05) is 6.92 Å². The van der Waals surface area contributed by atoms with E-state index in [4.69, 9.17) is 0 Å². The minimum absolute atomic E-state index is 0.237. The van der Waals surface area contributed by atoms with Crippen molar-refractivity contribution in [3.8, 4) is 0 Å². The largest absolute Gasteiger partial charge is 0.469 e. The van der Waals surface area contributed by atoms with Gasteiger partial charge in [-0.2, -0.15) is 0 Å². The summed E-state index contributed by atoms with van der Waals surface area (Å²) in [6.45, 7) is 1.98. The number of carbonyl (C=O) groups is 1. The summed E-state index contributed by atoms with van der Waals surface area (Å²) in [4.78, 5) is 19.0. The van der Waals surface area contributed by atoms with Crippen LogP contribution < -0.4 is 0 Å². The van der Waals surface area contributed by atoms with Crippen molar-refractivity contribution in [3.63, 3.8) is 0 Å². The Hall–Kier alpha value is -1.45. The second-order valence-corrected chi connectivity index (χ2v) is 2.61. The fourth-order valence-corrected chi connectivity index (χ4v) is 0.894. The Kier molecular flexibility index (Phi) is 3.37. The lowest BCUT2D eigenvalue weighted by atomic mass is 10.2. The number of hydrogen-bond acceptors (Lipinski definition) is 4. The van der Waals surface area contributed by atoms with Crippen molar-refractivity contribution in [1.29, 1.82) is 0 Å². The average Bonchev–Trinajstić information content (AvgIpc) is 2.19. The second-order valence-electron chi connectivity index (χ2n) is 2.61. The summed E-state index contributed by atoms with van der Waals surface area (Å²) in [5, 5.41) is 0. The Morgan fingerprint density at radius 3 is 2.54 bits per heavy atom. The number of methoxy groups -OCH3 is 1. The summed E-state index contributed by atoms with van der Waals surface area (Å²) >= 11 is 0. The monoisotopic (exact) mass is 180 g/mol. The molecule has 1 aromatic rings. The Balaban J connectivity index is 2.64. The smallest absolute Gasteiger partial charge is 0.310 e. The van der Waals surface area contributed by atoms with E-state index >= 15 is 0 Å². The normalized spacial score (nSPS) is 9.69. The highest BCUT2D eigenvalue weighted by molar-refractivity contribution is 5.72. The predicted molar refractivity (Wildman–Crippen MR) is 47.1 cm³/mol. The van der Waals surface area contributed by atoms with Crippen molar-refractivity contribution >= 4 is 5.97 Å². The highest BCUT2D eigenvalue weighted by Crippen LogP contribution is 1.98. The van der Waals surface area contributed by atoms with Crippen molar-refractivity contribution in [1.82, 2.24) is 9.97 Å². The lowest BCUT2D eigenvalue weighted by Gasteiger charge is -1.99. The fourth-order valence-electron chi connectivity index (χ4n) is 0.894. The van der Waals surface area contributed by atoms with Crippen LogP contribution in [0.25, 0.3) is 0 Å². The number of aryl methyl sites for hydroxylation is 1. The molecule has 0 unspecified atom stereocenters. The minimum Gasteiger partial charge on any atom is -0.469 e. The number of nitrogens with zero attached hydrogens (tertiary/aromatic N) is 2. The first-order chi connectivity index (χ1) is 6.26. The van der Waals surface area contributed by atoms with Crippen LogP contribution in [0.2, 0.25) is 0 Å². The minimum atomic E-state index is -0.271. The van der Waals surface area contributed by atoms with E-state index in [1.165, 1.54) is 7.11 Å². The Bertz CT molecular complexity index is 282. The van der Waals surface area contributed by atoms with Gasteiger partial charge >= 0.3 is 5.97 Å². The van der Waals surface area contributed by atoms with Gasteiger partial charge in [-0.25, -0.2) is 9.97 Å². The van der Waals surface area contributed by atoms with Crippen LogP contribution in [-0.2, 0) is 22.4 Å². The highest BCUT2D eigenvalue weighted by Gasteiger charge is 2.03. The molecule has 0 aliphatic heterocycles.